The van der Waals surface area contributed by atoms with Gasteiger partial charge in [-0.1, -0.05) is 48.9 Å². The molecule has 0 amide bonds. The van der Waals surface area contributed by atoms with E-state index in [1.165, 1.54) is 17.6 Å². The van der Waals surface area contributed by atoms with Crippen LogP contribution in [0.15, 0.2) is 42.0 Å². The van der Waals surface area contributed by atoms with Gasteiger partial charge in [-0.05, 0) is 32.8 Å². The minimum atomic E-state index is 0.237. The zero-order valence-electron chi connectivity index (χ0n) is 13.3. The summed E-state index contributed by atoms with van der Waals surface area (Å²) in [6, 6.07) is 11.3. The van der Waals surface area contributed by atoms with Gasteiger partial charge < -0.3 is 5.32 Å². The van der Waals surface area contributed by atoms with E-state index >= 15 is 0 Å². The van der Waals surface area contributed by atoms with Gasteiger partial charge in [-0.2, -0.15) is 0 Å². The predicted molar refractivity (Wildman–Crippen MR) is 86.9 cm³/mol. The number of rotatable bonds is 4. The van der Waals surface area contributed by atoms with E-state index in [4.69, 9.17) is 0 Å². The van der Waals surface area contributed by atoms with Gasteiger partial charge in [0.2, 0.25) is 0 Å². The van der Waals surface area contributed by atoms with E-state index in [1.54, 1.807) is 0 Å². The average Bonchev–Trinajstić information content (AvgIpc) is 2.46. The molecule has 20 heavy (non-hydrogen) atoms. The van der Waals surface area contributed by atoms with Crippen LogP contribution < -0.4 is 5.32 Å². The molecule has 0 saturated carbocycles. The molecule has 2 heteroatoms. The van der Waals surface area contributed by atoms with E-state index in [2.05, 4.69) is 74.3 Å². The highest BCUT2D eigenvalue weighted by Crippen LogP contribution is 2.28. The van der Waals surface area contributed by atoms with Crippen LogP contribution in [0.4, 0.5) is 0 Å². The monoisotopic (exact) mass is 272 g/mol. The first kappa shape index (κ1) is 15.3. The zero-order valence-corrected chi connectivity index (χ0v) is 13.3. The van der Waals surface area contributed by atoms with Crippen molar-refractivity contribution < 1.29 is 0 Å². The van der Waals surface area contributed by atoms with Crippen molar-refractivity contribution in [1.82, 2.24) is 10.2 Å². The molecule has 0 aromatic heterocycles. The molecule has 2 atom stereocenters. The summed E-state index contributed by atoms with van der Waals surface area (Å²) < 4.78 is 0. The smallest absolute Gasteiger partial charge is 0.0476 e. The van der Waals surface area contributed by atoms with Crippen LogP contribution in [-0.2, 0) is 0 Å². The fourth-order valence-electron chi connectivity index (χ4n) is 2.82. The third kappa shape index (κ3) is 3.71. The van der Waals surface area contributed by atoms with Crippen molar-refractivity contribution in [2.45, 2.75) is 45.7 Å². The summed E-state index contributed by atoms with van der Waals surface area (Å²) in [5, 5.41) is 3.75. The minimum Gasteiger partial charge on any atom is -0.308 e. The lowest BCUT2D eigenvalue weighted by Gasteiger charge is -2.46. The summed E-state index contributed by atoms with van der Waals surface area (Å²) in [5.41, 5.74) is 3.05. The van der Waals surface area contributed by atoms with Crippen LogP contribution in [-0.4, -0.2) is 30.1 Å². The Morgan fingerprint density at radius 3 is 2.65 bits per heavy atom. The SMILES string of the molecule is CCC1(C)CN(CC=C(C)C)C(c2ccccc2)CN1. The van der Waals surface area contributed by atoms with E-state index in [0.717, 1.165) is 19.6 Å². The predicted octanol–water partition coefficient (Wildman–Crippen LogP) is 3.77. The number of nitrogens with zero attached hydrogens (tertiary/aromatic N) is 1. The molecule has 0 spiro atoms. The van der Waals surface area contributed by atoms with Gasteiger partial charge in [0.05, 0.1) is 0 Å². The van der Waals surface area contributed by atoms with Crippen LogP contribution in [0.2, 0.25) is 0 Å². The van der Waals surface area contributed by atoms with Crippen molar-refractivity contribution in [3.05, 3.63) is 47.5 Å². The van der Waals surface area contributed by atoms with Crippen molar-refractivity contribution in [2.24, 2.45) is 0 Å². The molecule has 1 fully saturated rings. The maximum atomic E-state index is 3.75. The normalized spacial score (nSPS) is 27.3. The Morgan fingerprint density at radius 2 is 2.05 bits per heavy atom. The second-order valence-corrected chi connectivity index (χ2v) is 6.43. The summed E-state index contributed by atoms with van der Waals surface area (Å²) in [5.74, 6) is 0. The first-order valence-electron chi connectivity index (χ1n) is 7.71. The quantitative estimate of drug-likeness (QED) is 0.839. The Hall–Kier alpha value is -1.12. The van der Waals surface area contributed by atoms with Gasteiger partial charge in [-0.3, -0.25) is 4.90 Å². The number of allylic oxidation sites excluding steroid dienone is 1. The van der Waals surface area contributed by atoms with Crippen molar-refractivity contribution in [3.63, 3.8) is 0 Å². The lowest BCUT2D eigenvalue weighted by atomic mass is 9.91. The summed E-state index contributed by atoms with van der Waals surface area (Å²) in [4.78, 5) is 2.61. The highest BCUT2D eigenvalue weighted by atomic mass is 15.2. The maximum absolute atomic E-state index is 3.75. The molecule has 0 aliphatic carbocycles. The first-order valence-corrected chi connectivity index (χ1v) is 7.71. The Labute approximate surface area is 123 Å². The van der Waals surface area contributed by atoms with Gasteiger partial charge >= 0.3 is 0 Å². The van der Waals surface area contributed by atoms with Crippen molar-refractivity contribution >= 4 is 0 Å². The number of nitrogens with one attached hydrogen (secondary N) is 1. The molecule has 1 N–H and O–H groups in total. The van der Waals surface area contributed by atoms with Crippen molar-refractivity contribution in [1.29, 1.82) is 0 Å². The Balaban J connectivity index is 2.19. The number of hydrogen-bond donors (Lipinski definition) is 1. The van der Waals surface area contributed by atoms with Crippen LogP contribution in [0, 0.1) is 0 Å². The second-order valence-electron chi connectivity index (χ2n) is 6.43. The number of hydrogen-bond acceptors (Lipinski definition) is 2. The van der Waals surface area contributed by atoms with Crippen LogP contribution >= 0.6 is 0 Å². The van der Waals surface area contributed by atoms with Crippen LogP contribution in [0.25, 0.3) is 0 Å². The number of benzene rings is 1. The molecule has 2 rings (SSSR count). The molecule has 2 nitrogen and oxygen atoms in total. The molecule has 0 bridgehead atoms. The summed E-state index contributed by atoms with van der Waals surface area (Å²) in [7, 11) is 0. The second kappa shape index (κ2) is 6.55. The fraction of sp³-hybridized carbons (Fsp3) is 0.556. The molecular weight excluding hydrogens is 244 g/mol. The lowest BCUT2D eigenvalue weighted by molar-refractivity contribution is 0.0954. The molecule has 1 aromatic carbocycles. The summed E-state index contributed by atoms with van der Waals surface area (Å²) in [6.07, 6.45) is 3.51. The average molecular weight is 272 g/mol. The van der Waals surface area contributed by atoms with Gasteiger partial charge in [0.15, 0.2) is 0 Å². The number of piperazine rings is 1. The van der Waals surface area contributed by atoms with Gasteiger partial charge in [0.1, 0.15) is 0 Å². The summed E-state index contributed by atoms with van der Waals surface area (Å²) >= 11 is 0. The van der Waals surface area contributed by atoms with E-state index in [0.29, 0.717) is 6.04 Å². The van der Waals surface area contributed by atoms with Gasteiger partial charge in [0, 0.05) is 31.2 Å². The van der Waals surface area contributed by atoms with Crippen LogP contribution in [0.5, 0.6) is 0 Å². The fourth-order valence-corrected chi connectivity index (χ4v) is 2.82. The van der Waals surface area contributed by atoms with E-state index in [1.807, 2.05) is 0 Å². The van der Waals surface area contributed by atoms with Gasteiger partial charge in [0.25, 0.3) is 0 Å². The van der Waals surface area contributed by atoms with E-state index in [-0.39, 0.29) is 5.54 Å². The molecule has 1 heterocycles. The van der Waals surface area contributed by atoms with Crippen LogP contribution in [0.3, 0.4) is 0 Å². The Kier molecular flexibility index (Phi) is 5.00. The van der Waals surface area contributed by atoms with Crippen LogP contribution in [0.1, 0.15) is 45.7 Å². The third-order valence-corrected chi connectivity index (χ3v) is 4.41. The molecule has 1 saturated heterocycles. The summed E-state index contributed by atoms with van der Waals surface area (Å²) in [6.45, 7) is 12.1. The minimum absolute atomic E-state index is 0.237. The van der Waals surface area contributed by atoms with E-state index in [9.17, 15) is 0 Å². The molecule has 1 aliphatic heterocycles. The molecule has 1 aliphatic rings. The molecule has 0 radical (unpaired) electrons. The molecule has 2 unspecified atom stereocenters. The molecule has 110 valence electrons. The maximum Gasteiger partial charge on any atom is 0.0476 e. The lowest BCUT2D eigenvalue weighted by Crippen LogP contribution is -2.59. The van der Waals surface area contributed by atoms with Crippen molar-refractivity contribution in [3.8, 4) is 0 Å². The van der Waals surface area contributed by atoms with Crippen molar-refractivity contribution in [2.75, 3.05) is 19.6 Å². The standard InChI is InChI=1S/C18H28N2/c1-5-18(4)14-20(12-11-15(2)3)17(13-19-18)16-9-7-6-8-10-16/h6-11,17,19H,5,12-14H2,1-4H3. The molecular formula is C18H28N2. The first-order chi connectivity index (χ1) is 9.54. The Morgan fingerprint density at radius 1 is 1.35 bits per heavy atom. The topological polar surface area (TPSA) is 15.3 Å². The Bertz CT molecular complexity index is 448. The molecule has 1 aromatic rings. The highest BCUT2D eigenvalue weighted by Gasteiger charge is 2.34. The van der Waals surface area contributed by atoms with Gasteiger partial charge in [-0.25, -0.2) is 0 Å². The van der Waals surface area contributed by atoms with Gasteiger partial charge in [-0.15, -0.1) is 0 Å². The van der Waals surface area contributed by atoms with E-state index < -0.39 is 0 Å². The highest BCUT2D eigenvalue weighted by molar-refractivity contribution is 5.21. The zero-order chi connectivity index (χ0) is 14.6. The third-order valence-electron chi connectivity index (χ3n) is 4.41. The largest absolute Gasteiger partial charge is 0.308 e.